The molecular formula is C14H27N3S. The Hall–Kier alpha value is -0.610. The van der Waals surface area contributed by atoms with E-state index in [-0.39, 0.29) is 0 Å². The van der Waals surface area contributed by atoms with Gasteiger partial charge in [-0.3, -0.25) is 0 Å². The minimum Gasteiger partial charge on any atom is -0.348 e. The molecule has 0 aliphatic carbocycles. The molecule has 0 fully saturated rings. The average molecular weight is 269 g/mol. The Bertz CT molecular complexity index is 373. The summed E-state index contributed by atoms with van der Waals surface area (Å²) >= 11 is 1.81. The van der Waals surface area contributed by atoms with Crippen LogP contribution in [-0.2, 0) is 0 Å². The van der Waals surface area contributed by atoms with Crippen LogP contribution in [0.5, 0.6) is 0 Å². The Morgan fingerprint density at radius 3 is 2.39 bits per heavy atom. The summed E-state index contributed by atoms with van der Waals surface area (Å²) in [7, 11) is 2.14. The van der Waals surface area contributed by atoms with Gasteiger partial charge in [-0.1, -0.05) is 20.8 Å². The van der Waals surface area contributed by atoms with Gasteiger partial charge in [0.1, 0.15) is 0 Å². The summed E-state index contributed by atoms with van der Waals surface area (Å²) in [5.41, 5.74) is 1.16. The van der Waals surface area contributed by atoms with Crippen molar-refractivity contribution in [3.63, 3.8) is 0 Å². The van der Waals surface area contributed by atoms with Crippen LogP contribution in [-0.4, -0.2) is 24.6 Å². The summed E-state index contributed by atoms with van der Waals surface area (Å²) in [6, 6.07) is 0.904. The van der Waals surface area contributed by atoms with E-state index in [0.717, 1.165) is 17.4 Å². The second-order valence-electron chi connectivity index (χ2n) is 5.32. The molecule has 2 atom stereocenters. The molecule has 1 heterocycles. The zero-order valence-corrected chi connectivity index (χ0v) is 13.6. The van der Waals surface area contributed by atoms with Crippen LogP contribution >= 0.6 is 11.3 Å². The first kappa shape index (κ1) is 15.4. The molecule has 1 aromatic heterocycles. The van der Waals surface area contributed by atoms with E-state index in [4.69, 9.17) is 4.98 Å². The topological polar surface area (TPSA) is 28.2 Å². The molecule has 18 heavy (non-hydrogen) atoms. The number of hydrogen-bond acceptors (Lipinski definition) is 4. The van der Waals surface area contributed by atoms with E-state index < -0.39 is 0 Å². The number of aromatic nitrogens is 1. The molecule has 3 nitrogen and oxygen atoms in total. The van der Waals surface area contributed by atoms with Crippen molar-refractivity contribution in [2.75, 3.05) is 18.5 Å². The van der Waals surface area contributed by atoms with Gasteiger partial charge >= 0.3 is 0 Å². The van der Waals surface area contributed by atoms with Crippen molar-refractivity contribution in [1.82, 2.24) is 10.3 Å². The van der Waals surface area contributed by atoms with Crippen molar-refractivity contribution in [1.29, 1.82) is 0 Å². The summed E-state index contributed by atoms with van der Waals surface area (Å²) in [4.78, 5) is 8.37. The van der Waals surface area contributed by atoms with E-state index in [2.05, 4.69) is 58.8 Å². The van der Waals surface area contributed by atoms with Crippen LogP contribution in [0.25, 0.3) is 0 Å². The molecule has 1 N–H and O–H groups in total. The molecule has 0 saturated carbocycles. The summed E-state index contributed by atoms with van der Waals surface area (Å²) in [5.74, 6) is 0.633. The van der Waals surface area contributed by atoms with E-state index in [1.807, 2.05) is 11.3 Å². The molecule has 0 aliphatic rings. The third kappa shape index (κ3) is 3.45. The van der Waals surface area contributed by atoms with Gasteiger partial charge in [-0.2, -0.15) is 0 Å². The predicted molar refractivity (Wildman–Crippen MR) is 81.6 cm³/mol. The summed E-state index contributed by atoms with van der Waals surface area (Å²) < 4.78 is 0. The standard InChI is InChI=1S/C14H27N3S/c1-8-15-10(4)13-11(5)16-14(18-13)17(7)12(6)9(2)3/h9-10,12,15H,8H2,1-7H3. The molecule has 0 spiro atoms. The first-order valence-corrected chi connectivity index (χ1v) is 7.63. The van der Waals surface area contributed by atoms with Crippen molar-refractivity contribution in [3.05, 3.63) is 10.6 Å². The van der Waals surface area contributed by atoms with Gasteiger partial charge in [0, 0.05) is 24.0 Å². The Morgan fingerprint density at radius 2 is 1.89 bits per heavy atom. The number of rotatable bonds is 6. The number of nitrogens with one attached hydrogen (secondary N) is 1. The van der Waals surface area contributed by atoms with Gasteiger partial charge in [-0.05, 0) is 33.2 Å². The van der Waals surface area contributed by atoms with Crippen molar-refractivity contribution in [3.8, 4) is 0 Å². The van der Waals surface area contributed by atoms with Crippen molar-refractivity contribution < 1.29 is 0 Å². The molecule has 0 amide bonds. The van der Waals surface area contributed by atoms with Crippen molar-refractivity contribution in [2.45, 2.75) is 53.6 Å². The lowest BCUT2D eigenvalue weighted by atomic mass is 10.1. The van der Waals surface area contributed by atoms with Crippen LogP contribution in [0.4, 0.5) is 5.13 Å². The maximum atomic E-state index is 4.72. The molecule has 0 bridgehead atoms. The summed E-state index contributed by atoms with van der Waals surface area (Å²) in [5, 5.41) is 4.59. The van der Waals surface area contributed by atoms with Gasteiger partial charge < -0.3 is 10.2 Å². The first-order valence-electron chi connectivity index (χ1n) is 6.82. The molecule has 0 aliphatic heterocycles. The SMILES string of the molecule is CCNC(C)c1sc(N(C)C(C)C(C)C)nc1C. The second kappa shape index (κ2) is 6.53. The first-order chi connectivity index (χ1) is 8.38. The Labute approximate surface area is 116 Å². The molecule has 104 valence electrons. The van der Waals surface area contributed by atoms with E-state index in [1.165, 1.54) is 4.88 Å². The summed E-state index contributed by atoms with van der Waals surface area (Å²) in [6.45, 7) is 14.2. The number of aryl methyl sites for hydroxylation is 1. The monoisotopic (exact) mass is 269 g/mol. The number of thiazole rings is 1. The van der Waals surface area contributed by atoms with Gasteiger partial charge in [-0.25, -0.2) is 4.98 Å². The Balaban J connectivity index is 2.89. The smallest absolute Gasteiger partial charge is 0.185 e. The molecule has 4 heteroatoms. The lowest BCUT2D eigenvalue weighted by Gasteiger charge is -2.27. The average Bonchev–Trinajstić information content (AvgIpc) is 2.69. The molecule has 0 saturated heterocycles. The quantitative estimate of drug-likeness (QED) is 0.855. The van der Waals surface area contributed by atoms with Gasteiger partial charge in [0.05, 0.1) is 5.69 Å². The Morgan fingerprint density at radius 1 is 1.28 bits per heavy atom. The van der Waals surface area contributed by atoms with E-state index in [9.17, 15) is 0 Å². The fourth-order valence-electron chi connectivity index (χ4n) is 1.97. The van der Waals surface area contributed by atoms with Crippen LogP contribution < -0.4 is 10.2 Å². The number of anilines is 1. The van der Waals surface area contributed by atoms with Crippen LogP contribution in [0, 0.1) is 12.8 Å². The van der Waals surface area contributed by atoms with Gasteiger partial charge in [0.25, 0.3) is 0 Å². The van der Waals surface area contributed by atoms with Crippen LogP contribution in [0.15, 0.2) is 0 Å². The minimum absolute atomic E-state index is 0.393. The van der Waals surface area contributed by atoms with Crippen molar-refractivity contribution in [2.24, 2.45) is 5.92 Å². The fraction of sp³-hybridized carbons (Fsp3) is 0.786. The van der Waals surface area contributed by atoms with Gasteiger partial charge in [0.2, 0.25) is 0 Å². The fourth-order valence-corrected chi connectivity index (χ4v) is 3.11. The highest BCUT2D eigenvalue weighted by Crippen LogP contribution is 2.31. The Kier molecular flexibility index (Phi) is 5.60. The van der Waals surface area contributed by atoms with E-state index in [1.54, 1.807) is 0 Å². The number of nitrogens with zero attached hydrogens (tertiary/aromatic N) is 2. The zero-order chi connectivity index (χ0) is 13.9. The van der Waals surface area contributed by atoms with Crippen LogP contribution in [0.3, 0.4) is 0 Å². The van der Waals surface area contributed by atoms with E-state index in [0.29, 0.717) is 18.0 Å². The maximum Gasteiger partial charge on any atom is 0.185 e. The third-order valence-corrected chi connectivity index (χ3v) is 5.03. The zero-order valence-electron chi connectivity index (χ0n) is 12.7. The molecule has 0 radical (unpaired) electrons. The van der Waals surface area contributed by atoms with Crippen molar-refractivity contribution >= 4 is 16.5 Å². The van der Waals surface area contributed by atoms with Gasteiger partial charge in [0.15, 0.2) is 5.13 Å². The third-order valence-electron chi connectivity index (χ3n) is 3.60. The highest BCUT2D eigenvalue weighted by atomic mass is 32.1. The molecule has 1 rings (SSSR count). The molecule has 1 aromatic rings. The molecular weight excluding hydrogens is 242 g/mol. The molecule has 2 unspecified atom stereocenters. The van der Waals surface area contributed by atoms with Crippen LogP contribution in [0.2, 0.25) is 0 Å². The molecule has 0 aromatic carbocycles. The lowest BCUT2D eigenvalue weighted by Crippen LogP contribution is -2.32. The lowest BCUT2D eigenvalue weighted by molar-refractivity contribution is 0.505. The largest absolute Gasteiger partial charge is 0.348 e. The predicted octanol–water partition coefficient (Wildman–Crippen LogP) is 3.60. The highest BCUT2D eigenvalue weighted by molar-refractivity contribution is 7.15. The maximum absolute atomic E-state index is 4.72. The normalized spacial score (nSPS) is 14.9. The van der Waals surface area contributed by atoms with Crippen LogP contribution in [0.1, 0.15) is 51.2 Å². The number of hydrogen-bond donors (Lipinski definition) is 1. The second-order valence-corrected chi connectivity index (χ2v) is 6.33. The van der Waals surface area contributed by atoms with Gasteiger partial charge in [-0.15, -0.1) is 11.3 Å². The highest BCUT2D eigenvalue weighted by Gasteiger charge is 2.20. The summed E-state index contributed by atoms with van der Waals surface area (Å²) in [6.07, 6.45) is 0. The van der Waals surface area contributed by atoms with E-state index >= 15 is 0 Å². The minimum atomic E-state index is 0.393.